The Morgan fingerprint density at radius 1 is 0.960 bits per heavy atom. The van der Waals surface area contributed by atoms with Crippen molar-refractivity contribution in [2.75, 3.05) is 0 Å². The van der Waals surface area contributed by atoms with Crippen LogP contribution >= 0.6 is 0 Å². The first-order valence-electron chi connectivity index (χ1n) is 8.93. The van der Waals surface area contributed by atoms with E-state index in [-0.39, 0.29) is 24.0 Å². The van der Waals surface area contributed by atoms with Crippen molar-refractivity contribution in [3.05, 3.63) is 71.8 Å². The summed E-state index contributed by atoms with van der Waals surface area (Å²) < 4.78 is 0. The molecule has 0 unspecified atom stereocenters. The lowest BCUT2D eigenvalue weighted by atomic mass is 9.95. The molecule has 0 N–H and O–H groups in total. The lowest BCUT2D eigenvalue weighted by molar-refractivity contribution is -0.141. The first-order valence-corrected chi connectivity index (χ1v) is 8.93. The average Bonchev–Trinajstić information content (AvgIpc) is 3.46. The molecule has 0 spiro atoms. The van der Waals surface area contributed by atoms with E-state index >= 15 is 0 Å². The number of carbonyl (C=O) groups excluding carboxylic acids is 2. The quantitative estimate of drug-likeness (QED) is 0.784. The maximum atomic E-state index is 13.1. The van der Waals surface area contributed by atoms with Gasteiger partial charge in [0.25, 0.3) is 0 Å². The maximum absolute atomic E-state index is 13.1. The van der Waals surface area contributed by atoms with Gasteiger partial charge >= 0.3 is 6.03 Å². The van der Waals surface area contributed by atoms with Gasteiger partial charge in [0.05, 0.1) is 6.04 Å². The molecule has 4 nitrogen and oxygen atoms in total. The summed E-state index contributed by atoms with van der Waals surface area (Å²) in [6.07, 6.45) is 3.26. The van der Waals surface area contributed by atoms with E-state index in [4.69, 9.17) is 0 Å². The molecule has 0 aromatic heterocycles. The van der Waals surface area contributed by atoms with Crippen LogP contribution in [0.25, 0.3) is 0 Å². The second-order valence-corrected chi connectivity index (χ2v) is 6.94. The lowest BCUT2D eigenvalue weighted by Gasteiger charge is -2.41. The Kier molecular flexibility index (Phi) is 4.26. The molecule has 4 rings (SSSR count). The fourth-order valence-corrected chi connectivity index (χ4v) is 3.45. The minimum atomic E-state index is -0.122. The number of nitrogens with zero attached hydrogens (tertiary/aromatic N) is 2. The second kappa shape index (κ2) is 6.71. The van der Waals surface area contributed by atoms with Crippen molar-refractivity contribution >= 4 is 11.9 Å². The Bertz CT molecular complexity index is 756. The molecule has 2 fully saturated rings. The Hall–Kier alpha value is -2.62. The van der Waals surface area contributed by atoms with Crippen molar-refractivity contribution in [1.82, 2.24) is 9.80 Å². The van der Waals surface area contributed by atoms with Crippen molar-refractivity contribution in [1.29, 1.82) is 0 Å². The van der Waals surface area contributed by atoms with E-state index in [1.807, 2.05) is 65.6 Å². The van der Waals surface area contributed by atoms with Crippen LogP contribution in [-0.2, 0) is 17.8 Å². The van der Waals surface area contributed by atoms with Crippen molar-refractivity contribution in [2.45, 2.75) is 44.3 Å². The normalized spacial score (nSPS) is 19.4. The summed E-state index contributed by atoms with van der Waals surface area (Å²) in [6.45, 7) is 0.576. The monoisotopic (exact) mass is 334 g/mol. The summed E-state index contributed by atoms with van der Waals surface area (Å²) >= 11 is 0. The summed E-state index contributed by atoms with van der Waals surface area (Å²) in [5.41, 5.74) is 2.27. The largest absolute Gasteiger partial charge is 0.327 e. The Morgan fingerprint density at radius 3 is 2.12 bits per heavy atom. The number of likely N-dealkylation sites (tertiary alicyclic amines) is 1. The molecule has 2 aromatic rings. The van der Waals surface area contributed by atoms with E-state index in [9.17, 15) is 9.59 Å². The third-order valence-electron chi connectivity index (χ3n) is 4.99. The van der Waals surface area contributed by atoms with Crippen LogP contribution in [0.5, 0.6) is 0 Å². The number of carbonyl (C=O) groups is 2. The average molecular weight is 334 g/mol. The van der Waals surface area contributed by atoms with Gasteiger partial charge in [-0.05, 0) is 30.4 Å². The first-order chi connectivity index (χ1) is 12.2. The molecular formula is C21H22N2O2. The SMILES string of the molecule is O=C1C[C@@H](Cc2ccccc2)N1C(=O)N(Cc1ccccc1)C1CC1. The molecule has 1 aliphatic carbocycles. The molecule has 0 radical (unpaired) electrons. The number of benzene rings is 2. The Labute approximate surface area is 148 Å². The number of hydrogen-bond acceptors (Lipinski definition) is 2. The third-order valence-corrected chi connectivity index (χ3v) is 4.99. The molecule has 2 aliphatic rings. The van der Waals surface area contributed by atoms with E-state index in [0.29, 0.717) is 13.0 Å². The van der Waals surface area contributed by atoms with E-state index in [1.54, 1.807) is 0 Å². The van der Waals surface area contributed by atoms with Crippen molar-refractivity contribution < 1.29 is 9.59 Å². The zero-order valence-corrected chi connectivity index (χ0v) is 14.2. The van der Waals surface area contributed by atoms with Gasteiger partial charge < -0.3 is 4.90 Å². The van der Waals surface area contributed by atoms with Crippen molar-refractivity contribution in [3.8, 4) is 0 Å². The van der Waals surface area contributed by atoms with Crippen LogP contribution in [-0.4, -0.2) is 33.8 Å². The summed E-state index contributed by atoms with van der Waals surface area (Å²) in [6, 6.07) is 20.2. The molecule has 2 aromatic carbocycles. The fourth-order valence-electron chi connectivity index (χ4n) is 3.45. The summed E-state index contributed by atoms with van der Waals surface area (Å²) in [4.78, 5) is 28.6. The second-order valence-electron chi connectivity index (χ2n) is 6.94. The van der Waals surface area contributed by atoms with E-state index in [0.717, 1.165) is 24.8 Å². The highest BCUT2D eigenvalue weighted by atomic mass is 16.2. The van der Waals surface area contributed by atoms with Crippen LogP contribution in [0.15, 0.2) is 60.7 Å². The van der Waals surface area contributed by atoms with Gasteiger partial charge in [0.1, 0.15) is 0 Å². The number of imide groups is 1. The molecule has 3 amide bonds. The number of urea groups is 1. The highest BCUT2D eigenvalue weighted by Crippen LogP contribution is 2.32. The van der Waals surface area contributed by atoms with Crippen molar-refractivity contribution in [3.63, 3.8) is 0 Å². The molecule has 128 valence electrons. The molecule has 4 heteroatoms. The van der Waals surface area contributed by atoms with Gasteiger partial charge in [-0.2, -0.15) is 0 Å². The molecule has 25 heavy (non-hydrogen) atoms. The van der Waals surface area contributed by atoms with Gasteiger partial charge in [0.15, 0.2) is 0 Å². The Balaban J connectivity index is 1.48. The minimum Gasteiger partial charge on any atom is -0.317 e. The summed E-state index contributed by atoms with van der Waals surface area (Å²) in [5, 5.41) is 0. The zero-order chi connectivity index (χ0) is 17.2. The summed E-state index contributed by atoms with van der Waals surface area (Å²) in [7, 11) is 0. The van der Waals surface area contributed by atoms with Crippen LogP contribution < -0.4 is 0 Å². The smallest absolute Gasteiger partial charge is 0.317 e. The molecular weight excluding hydrogens is 312 g/mol. The van der Waals surface area contributed by atoms with Crippen LogP contribution in [0, 0.1) is 0 Å². The lowest BCUT2D eigenvalue weighted by Crippen LogP contribution is -2.60. The van der Waals surface area contributed by atoms with E-state index in [2.05, 4.69) is 0 Å². The number of amides is 3. The summed E-state index contributed by atoms with van der Waals surface area (Å²) in [5.74, 6) is -0.0513. The van der Waals surface area contributed by atoms with E-state index in [1.165, 1.54) is 10.5 Å². The minimum absolute atomic E-state index is 0.0144. The van der Waals surface area contributed by atoms with Gasteiger partial charge in [-0.25, -0.2) is 4.79 Å². The standard InChI is InChI=1S/C21H22N2O2/c24-20-14-19(13-16-7-3-1-4-8-16)23(20)21(25)22(18-11-12-18)15-17-9-5-2-6-10-17/h1-10,18-19H,11-15H2/t19-/m1/s1. The predicted octanol–water partition coefficient (Wildman–Crippen LogP) is 3.61. The van der Waals surface area contributed by atoms with Crippen molar-refractivity contribution in [2.24, 2.45) is 0 Å². The predicted molar refractivity (Wildman–Crippen MR) is 95.8 cm³/mol. The molecule has 1 saturated carbocycles. The third kappa shape index (κ3) is 3.43. The van der Waals surface area contributed by atoms with Gasteiger partial charge in [-0.3, -0.25) is 9.69 Å². The highest BCUT2D eigenvalue weighted by Gasteiger charge is 2.45. The first kappa shape index (κ1) is 15.9. The fraction of sp³-hybridized carbons (Fsp3) is 0.333. The topological polar surface area (TPSA) is 40.6 Å². The number of rotatable bonds is 5. The zero-order valence-electron chi connectivity index (χ0n) is 14.2. The van der Waals surface area contributed by atoms with Crippen LogP contribution in [0.1, 0.15) is 30.4 Å². The van der Waals surface area contributed by atoms with Crippen LogP contribution in [0.2, 0.25) is 0 Å². The Morgan fingerprint density at radius 2 is 1.56 bits per heavy atom. The van der Waals surface area contributed by atoms with Gasteiger partial charge in [-0.15, -0.1) is 0 Å². The molecule has 1 aliphatic heterocycles. The van der Waals surface area contributed by atoms with Gasteiger partial charge in [0.2, 0.25) is 5.91 Å². The van der Waals surface area contributed by atoms with Crippen LogP contribution in [0.4, 0.5) is 4.79 Å². The van der Waals surface area contributed by atoms with Gasteiger partial charge in [0, 0.05) is 19.0 Å². The number of hydrogen-bond donors (Lipinski definition) is 0. The number of β-lactam (4-membered cyclic amide) rings is 1. The van der Waals surface area contributed by atoms with Crippen LogP contribution in [0.3, 0.4) is 0 Å². The maximum Gasteiger partial charge on any atom is 0.327 e. The molecule has 1 heterocycles. The molecule has 0 bridgehead atoms. The highest BCUT2D eigenvalue weighted by molar-refractivity contribution is 6.00. The molecule has 1 saturated heterocycles. The molecule has 1 atom stereocenters. The van der Waals surface area contributed by atoms with Gasteiger partial charge in [-0.1, -0.05) is 60.7 Å². The van der Waals surface area contributed by atoms with E-state index < -0.39 is 0 Å².